The van der Waals surface area contributed by atoms with Gasteiger partial charge in [-0.25, -0.2) is 17.9 Å². The number of hydrogen-bond donors (Lipinski definition) is 1. The van der Waals surface area contributed by atoms with E-state index in [1.807, 2.05) is 22.7 Å². The van der Waals surface area contributed by atoms with Crippen LogP contribution in [0.5, 0.6) is 0 Å². The molecule has 0 atom stereocenters. The van der Waals surface area contributed by atoms with Gasteiger partial charge in [0.1, 0.15) is 5.03 Å². The average molecular weight is 377 g/mol. The quantitative estimate of drug-likeness (QED) is 0.638. The standard InChI is InChI=1S/C17H20N4O2S2/c1-3-4-5-14-12-17(21-16(19-14)10-11-18-21)24-15-8-6-13(7-9-15)20-25(2,22)23/h6-12,20H,3-5H2,1-2H3. The Kier molecular flexibility index (Phi) is 5.29. The lowest BCUT2D eigenvalue weighted by atomic mass is 10.2. The zero-order valence-electron chi connectivity index (χ0n) is 14.1. The summed E-state index contributed by atoms with van der Waals surface area (Å²) < 4.78 is 26.9. The summed E-state index contributed by atoms with van der Waals surface area (Å²) in [6.07, 6.45) is 6.06. The lowest BCUT2D eigenvalue weighted by molar-refractivity contribution is 0.607. The maximum Gasteiger partial charge on any atom is 0.229 e. The van der Waals surface area contributed by atoms with Crippen LogP contribution in [-0.4, -0.2) is 29.3 Å². The van der Waals surface area contributed by atoms with Gasteiger partial charge in [0.05, 0.1) is 12.5 Å². The minimum absolute atomic E-state index is 0.550. The second kappa shape index (κ2) is 7.45. The van der Waals surface area contributed by atoms with Gasteiger partial charge in [0.2, 0.25) is 10.0 Å². The highest BCUT2D eigenvalue weighted by Gasteiger charge is 2.09. The van der Waals surface area contributed by atoms with E-state index in [2.05, 4.69) is 27.8 Å². The Morgan fingerprint density at radius 1 is 1.20 bits per heavy atom. The number of aryl methyl sites for hydroxylation is 1. The normalized spacial score (nSPS) is 11.8. The van der Waals surface area contributed by atoms with Crippen molar-refractivity contribution in [2.45, 2.75) is 36.1 Å². The van der Waals surface area contributed by atoms with Gasteiger partial charge in [0.15, 0.2) is 5.65 Å². The predicted octanol–water partition coefficient (Wildman–Crippen LogP) is 3.59. The molecule has 1 aromatic carbocycles. The van der Waals surface area contributed by atoms with Crippen LogP contribution in [0.15, 0.2) is 52.5 Å². The zero-order valence-corrected chi connectivity index (χ0v) is 15.8. The van der Waals surface area contributed by atoms with Crippen LogP contribution in [0.25, 0.3) is 5.65 Å². The van der Waals surface area contributed by atoms with E-state index in [-0.39, 0.29) is 0 Å². The molecule has 0 bridgehead atoms. The number of aromatic nitrogens is 3. The van der Waals surface area contributed by atoms with Crippen molar-refractivity contribution in [2.75, 3.05) is 11.0 Å². The van der Waals surface area contributed by atoms with Gasteiger partial charge in [-0.2, -0.15) is 5.10 Å². The highest BCUT2D eigenvalue weighted by molar-refractivity contribution is 7.99. The maximum absolute atomic E-state index is 11.3. The van der Waals surface area contributed by atoms with Crippen molar-refractivity contribution in [2.24, 2.45) is 0 Å². The van der Waals surface area contributed by atoms with Gasteiger partial charge in [-0.3, -0.25) is 4.72 Å². The second-order valence-corrected chi connectivity index (χ2v) is 8.63. The lowest BCUT2D eigenvalue weighted by Gasteiger charge is -2.09. The van der Waals surface area contributed by atoms with Gasteiger partial charge < -0.3 is 0 Å². The summed E-state index contributed by atoms with van der Waals surface area (Å²) in [5.41, 5.74) is 2.45. The molecule has 2 aromatic heterocycles. The third-order valence-electron chi connectivity index (χ3n) is 3.55. The smallest absolute Gasteiger partial charge is 0.229 e. The number of fused-ring (bicyclic) bond motifs is 1. The van der Waals surface area contributed by atoms with Gasteiger partial charge in [-0.1, -0.05) is 25.1 Å². The van der Waals surface area contributed by atoms with Crippen molar-refractivity contribution in [3.63, 3.8) is 0 Å². The highest BCUT2D eigenvalue weighted by Crippen LogP contribution is 2.29. The molecule has 3 aromatic rings. The van der Waals surface area contributed by atoms with Crippen molar-refractivity contribution in [3.8, 4) is 0 Å². The Morgan fingerprint density at radius 3 is 2.64 bits per heavy atom. The number of nitrogens with zero attached hydrogens (tertiary/aromatic N) is 3. The molecule has 0 aliphatic carbocycles. The summed E-state index contributed by atoms with van der Waals surface area (Å²) in [7, 11) is -3.26. The first kappa shape index (κ1) is 17.8. The van der Waals surface area contributed by atoms with Gasteiger partial charge in [-0.05, 0) is 43.2 Å². The van der Waals surface area contributed by atoms with Crippen LogP contribution in [0.4, 0.5) is 5.69 Å². The van der Waals surface area contributed by atoms with Crippen LogP contribution in [0.1, 0.15) is 25.5 Å². The molecule has 0 aliphatic rings. The zero-order chi connectivity index (χ0) is 17.9. The SMILES string of the molecule is CCCCc1cc(Sc2ccc(NS(C)(=O)=O)cc2)n2nccc2n1. The molecule has 0 fully saturated rings. The molecule has 0 aliphatic heterocycles. The first-order chi connectivity index (χ1) is 11.9. The van der Waals surface area contributed by atoms with Crippen molar-refractivity contribution < 1.29 is 8.42 Å². The molecular weight excluding hydrogens is 356 g/mol. The minimum Gasteiger partial charge on any atom is -0.284 e. The molecule has 0 saturated carbocycles. The van der Waals surface area contributed by atoms with E-state index in [1.165, 1.54) is 0 Å². The molecule has 1 N–H and O–H groups in total. The van der Waals surface area contributed by atoms with E-state index in [0.29, 0.717) is 5.69 Å². The Balaban J connectivity index is 1.85. The summed E-state index contributed by atoms with van der Waals surface area (Å²) in [5.74, 6) is 0. The van der Waals surface area contributed by atoms with Gasteiger partial charge >= 0.3 is 0 Å². The molecular formula is C17H20N4O2S2. The summed E-state index contributed by atoms with van der Waals surface area (Å²) in [6, 6.07) is 11.3. The number of benzene rings is 1. The van der Waals surface area contributed by atoms with Crippen molar-refractivity contribution in [1.29, 1.82) is 0 Å². The molecule has 0 amide bonds. The molecule has 0 unspecified atom stereocenters. The van der Waals surface area contributed by atoms with Crippen LogP contribution in [-0.2, 0) is 16.4 Å². The molecule has 6 nitrogen and oxygen atoms in total. The van der Waals surface area contributed by atoms with E-state index in [4.69, 9.17) is 0 Å². The third-order valence-corrected chi connectivity index (χ3v) is 5.16. The maximum atomic E-state index is 11.3. The Labute approximate surface area is 151 Å². The largest absolute Gasteiger partial charge is 0.284 e. The highest BCUT2D eigenvalue weighted by atomic mass is 32.2. The van der Waals surface area contributed by atoms with Gasteiger partial charge in [0, 0.05) is 22.3 Å². The minimum atomic E-state index is -3.26. The Hall–Kier alpha value is -2.06. The fourth-order valence-corrected chi connectivity index (χ4v) is 3.92. The first-order valence-electron chi connectivity index (χ1n) is 8.04. The molecule has 3 rings (SSSR count). The average Bonchev–Trinajstić information content (AvgIpc) is 3.02. The van der Waals surface area contributed by atoms with Crippen LogP contribution < -0.4 is 4.72 Å². The number of hydrogen-bond acceptors (Lipinski definition) is 5. The monoisotopic (exact) mass is 376 g/mol. The Morgan fingerprint density at radius 2 is 1.96 bits per heavy atom. The molecule has 8 heteroatoms. The lowest BCUT2D eigenvalue weighted by Crippen LogP contribution is -2.09. The van der Waals surface area contributed by atoms with Crippen LogP contribution in [0, 0.1) is 0 Å². The number of unbranched alkanes of at least 4 members (excludes halogenated alkanes) is 1. The second-order valence-electron chi connectivity index (χ2n) is 5.79. The van der Waals surface area contributed by atoms with Crippen LogP contribution in [0.3, 0.4) is 0 Å². The first-order valence-corrected chi connectivity index (χ1v) is 10.7. The molecule has 0 saturated heterocycles. The predicted molar refractivity (Wildman–Crippen MR) is 101 cm³/mol. The fourth-order valence-electron chi connectivity index (χ4n) is 2.42. The molecule has 0 spiro atoms. The molecule has 25 heavy (non-hydrogen) atoms. The number of anilines is 1. The number of rotatable bonds is 7. The molecule has 2 heterocycles. The third kappa shape index (κ3) is 4.73. The van der Waals surface area contributed by atoms with Crippen molar-refractivity contribution in [3.05, 3.63) is 48.3 Å². The van der Waals surface area contributed by atoms with E-state index in [9.17, 15) is 8.42 Å². The van der Waals surface area contributed by atoms with Crippen LogP contribution >= 0.6 is 11.8 Å². The summed E-state index contributed by atoms with van der Waals surface area (Å²) in [6.45, 7) is 2.17. The molecule has 0 radical (unpaired) electrons. The van der Waals surface area contributed by atoms with Crippen molar-refractivity contribution in [1.82, 2.24) is 14.6 Å². The van der Waals surface area contributed by atoms with E-state index in [1.54, 1.807) is 30.1 Å². The van der Waals surface area contributed by atoms with Crippen LogP contribution in [0.2, 0.25) is 0 Å². The van der Waals surface area contributed by atoms with E-state index >= 15 is 0 Å². The topological polar surface area (TPSA) is 76.4 Å². The summed E-state index contributed by atoms with van der Waals surface area (Å²) in [4.78, 5) is 5.64. The summed E-state index contributed by atoms with van der Waals surface area (Å²) in [5, 5.41) is 5.33. The van der Waals surface area contributed by atoms with Gasteiger partial charge in [0.25, 0.3) is 0 Å². The Bertz CT molecular complexity index is 966. The summed E-state index contributed by atoms with van der Waals surface area (Å²) >= 11 is 1.58. The molecule has 132 valence electrons. The fraction of sp³-hybridized carbons (Fsp3) is 0.294. The number of nitrogens with one attached hydrogen (secondary N) is 1. The van der Waals surface area contributed by atoms with E-state index < -0.39 is 10.0 Å². The number of sulfonamides is 1. The van der Waals surface area contributed by atoms with Crippen molar-refractivity contribution >= 4 is 33.1 Å². The van der Waals surface area contributed by atoms with E-state index in [0.717, 1.165) is 46.8 Å². The van der Waals surface area contributed by atoms with Gasteiger partial charge in [-0.15, -0.1) is 0 Å².